The lowest BCUT2D eigenvalue weighted by molar-refractivity contribution is 0.685. The van der Waals surface area contributed by atoms with Crippen molar-refractivity contribution < 1.29 is 0 Å². The second-order valence-electron chi connectivity index (χ2n) is 3.21. The van der Waals surface area contributed by atoms with Crippen molar-refractivity contribution in [3.63, 3.8) is 0 Å². The van der Waals surface area contributed by atoms with Crippen LogP contribution in [0.4, 0.5) is 0 Å². The molecular weight excluding hydrogens is 168 g/mol. The zero-order valence-corrected chi connectivity index (χ0v) is 8.55. The van der Waals surface area contributed by atoms with Gasteiger partial charge in [-0.05, 0) is 61.8 Å². The lowest BCUT2D eigenvalue weighted by Gasteiger charge is -2.20. The van der Waals surface area contributed by atoms with Crippen molar-refractivity contribution in [2.45, 2.75) is 25.7 Å². The van der Waals surface area contributed by atoms with Crippen LogP contribution >= 0.6 is 0 Å². The average Bonchev–Trinajstić information content (AvgIpc) is 2.20. The van der Waals surface area contributed by atoms with E-state index in [0.717, 1.165) is 24.0 Å². The van der Waals surface area contributed by atoms with Crippen molar-refractivity contribution in [1.82, 2.24) is 0 Å². The predicted molar refractivity (Wildman–Crippen MR) is 61.7 cm³/mol. The third-order valence-electron chi connectivity index (χ3n) is 2.24. The molecule has 0 fully saturated rings. The lowest BCUT2D eigenvalue weighted by Crippen LogP contribution is -2.01. The third-order valence-corrected chi connectivity index (χ3v) is 2.24. The summed E-state index contributed by atoms with van der Waals surface area (Å²) in [5.74, 6) is 0. The van der Waals surface area contributed by atoms with Gasteiger partial charge in [0.2, 0.25) is 0 Å². The highest BCUT2D eigenvalue weighted by molar-refractivity contribution is 5.44. The van der Waals surface area contributed by atoms with Gasteiger partial charge >= 0.3 is 0 Å². The maximum absolute atomic E-state index is 5.65. The van der Waals surface area contributed by atoms with Crippen molar-refractivity contribution in [2.24, 2.45) is 0 Å². The first-order valence-corrected chi connectivity index (χ1v) is 4.57. The summed E-state index contributed by atoms with van der Waals surface area (Å²) in [6.07, 6.45) is 12.4. The molecule has 0 atom stereocenters. The molecule has 0 saturated carbocycles. The van der Waals surface area contributed by atoms with Gasteiger partial charge < -0.3 is 0 Å². The zero-order chi connectivity index (χ0) is 11.1. The van der Waals surface area contributed by atoms with E-state index < -0.39 is 0 Å². The molecule has 0 aromatic heterocycles. The molecule has 0 amide bonds. The maximum Gasteiger partial charge on any atom is -0.0235 e. The molecule has 0 unspecified atom stereocenters. The molecule has 0 aromatic carbocycles. The summed E-state index contributed by atoms with van der Waals surface area (Å²) in [5, 5.41) is 0. The molecule has 0 N–H and O–H groups in total. The molecule has 1 aliphatic rings. The molecule has 0 nitrogen and oxygen atoms in total. The Kier molecular flexibility index (Phi) is 5.72. The third kappa shape index (κ3) is 3.26. The second kappa shape index (κ2) is 6.27. The first kappa shape index (κ1) is 12.8. The molecule has 0 heteroatoms. The van der Waals surface area contributed by atoms with Gasteiger partial charge in [-0.1, -0.05) is 13.2 Å². The SMILES string of the molecule is C#C.[CH]=C([CH2])C1=C(C(=[CH])[CH2])CCCC1. The number of allylic oxidation sites excluding steroid dienone is 4. The predicted octanol–water partition coefficient (Wildman–Crippen LogP) is 3.49. The van der Waals surface area contributed by atoms with Gasteiger partial charge in [0.15, 0.2) is 0 Å². The molecule has 72 valence electrons. The monoisotopic (exact) mass is 184 g/mol. The highest BCUT2D eigenvalue weighted by Crippen LogP contribution is 2.31. The van der Waals surface area contributed by atoms with Gasteiger partial charge in [0.1, 0.15) is 0 Å². The average molecular weight is 184 g/mol. The number of hydrogen-bond acceptors (Lipinski definition) is 0. The summed E-state index contributed by atoms with van der Waals surface area (Å²) < 4.78 is 0. The Morgan fingerprint density at radius 3 is 1.36 bits per heavy atom. The Bertz CT molecular complexity index is 248. The smallest absolute Gasteiger partial charge is 0.0235 e. The van der Waals surface area contributed by atoms with Gasteiger partial charge in [0, 0.05) is 0 Å². The van der Waals surface area contributed by atoms with E-state index >= 15 is 0 Å². The van der Waals surface area contributed by atoms with Crippen molar-refractivity contribution >= 4 is 0 Å². The number of terminal acetylenes is 1. The topological polar surface area (TPSA) is 0 Å². The fourth-order valence-electron chi connectivity index (χ4n) is 1.61. The number of hydrogen-bond donors (Lipinski definition) is 0. The summed E-state index contributed by atoms with van der Waals surface area (Å²) in [4.78, 5) is 0. The summed E-state index contributed by atoms with van der Waals surface area (Å²) in [6, 6.07) is 0. The molecule has 0 spiro atoms. The minimum absolute atomic E-state index is 0.649. The normalized spacial score (nSPS) is 15.4. The van der Waals surface area contributed by atoms with Gasteiger partial charge in [0.05, 0.1) is 0 Å². The Morgan fingerprint density at radius 1 is 0.857 bits per heavy atom. The highest BCUT2D eigenvalue weighted by atomic mass is 14.2. The quantitative estimate of drug-likeness (QED) is 0.576. The van der Waals surface area contributed by atoms with E-state index in [1.165, 1.54) is 12.8 Å². The lowest BCUT2D eigenvalue weighted by atomic mass is 9.85. The first-order valence-electron chi connectivity index (χ1n) is 4.57. The summed E-state index contributed by atoms with van der Waals surface area (Å²) in [7, 11) is 0. The molecule has 0 aliphatic heterocycles. The Hall–Kier alpha value is -1.22. The van der Waals surface area contributed by atoms with E-state index in [4.69, 9.17) is 13.2 Å². The molecule has 0 bridgehead atoms. The molecule has 14 heavy (non-hydrogen) atoms. The van der Waals surface area contributed by atoms with Crippen LogP contribution in [0.3, 0.4) is 0 Å². The molecular formula is C14H16. The van der Waals surface area contributed by atoms with Crippen LogP contribution in [0, 0.1) is 39.9 Å². The first-order chi connectivity index (χ1) is 6.63. The minimum atomic E-state index is 0.649. The second-order valence-corrected chi connectivity index (χ2v) is 3.21. The molecule has 0 saturated heterocycles. The Balaban J connectivity index is 0.000000791. The fraction of sp³-hybridized carbons (Fsp3) is 0.286. The highest BCUT2D eigenvalue weighted by Gasteiger charge is 2.13. The van der Waals surface area contributed by atoms with Crippen LogP contribution < -0.4 is 0 Å². The van der Waals surface area contributed by atoms with E-state index in [-0.39, 0.29) is 0 Å². The van der Waals surface area contributed by atoms with Gasteiger partial charge in [-0.25, -0.2) is 0 Å². The van der Waals surface area contributed by atoms with Crippen LogP contribution in [0.2, 0.25) is 0 Å². The van der Waals surface area contributed by atoms with Crippen molar-refractivity contribution in [3.05, 3.63) is 49.3 Å². The number of rotatable bonds is 2. The van der Waals surface area contributed by atoms with Crippen molar-refractivity contribution in [3.8, 4) is 12.8 Å². The van der Waals surface area contributed by atoms with Crippen molar-refractivity contribution in [1.29, 1.82) is 0 Å². The molecule has 0 heterocycles. The summed E-state index contributed by atoms with van der Waals surface area (Å²) >= 11 is 0. The van der Waals surface area contributed by atoms with E-state index in [1.54, 1.807) is 0 Å². The van der Waals surface area contributed by atoms with Gasteiger partial charge in [-0.3, -0.25) is 0 Å². The molecule has 4 radical (unpaired) electrons. The Morgan fingerprint density at radius 2 is 1.14 bits per heavy atom. The van der Waals surface area contributed by atoms with Crippen molar-refractivity contribution in [2.75, 3.05) is 0 Å². The Labute approximate surface area is 88.4 Å². The van der Waals surface area contributed by atoms with E-state index in [0.29, 0.717) is 11.1 Å². The largest absolute Gasteiger partial charge is 0.124 e. The van der Waals surface area contributed by atoms with Gasteiger partial charge in [0.25, 0.3) is 0 Å². The molecule has 0 aromatic rings. The van der Waals surface area contributed by atoms with E-state index in [1.807, 2.05) is 0 Å². The zero-order valence-electron chi connectivity index (χ0n) is 8.55. The van der Waals surface area contributed by atoms with E-state index in [9.17, 15) is 0 Å². The van der Waals surface area contributed by atoms with Gasteiger partial charge in [-0.2, -0.15) is 0 Å². The maximum atomic E-state index is 5.65. The van der Waals surface area contributed by atoms with Crippen LogP contribution in [0.1, 0.15) is 25.7 Å². The van der Waals surface area contributed by atoms with Crippen LogP contribution in [-0.4, -0.2) is 0 Å². The van der Waals surface area contributed by atoms with Crippen LogP contribution in [0.25, 0.3) is 0 Å². The van der Waals surface area contributed by atoms with Crippen LogP contribution in [0.15, 0.2) is 22.3 Å². The summed E-state index contributed by atoms with van der Waals surface area (Å²) in [6.45, 7) is 18.8. The van der Waals surface area contributed by atoms with Crippen LogP contribution in [0.5, 0.6) is 0 Å². The van der Waals surface area contributed by atoms with Crippen LogP contribution in [-0.2, 0) is 0 Å². The van der Waals surface area contributed by atoms with Gasteiger partial charge in [-0.15, -0.1) is 12.8 Å². The summed E-state index contributed by atoms with van der Waals surface area (Å²) in [5.41, 5.74) is 3.54. The molecule has 1 aliphatic carbocycles. The minimum Gasteiger partial charge on any atom is -0.124 e. The standard InChI is InChI=1S/C12H14.C2H2/c1-9(2)11-7-5-6-8-12(11)10(3)4;1-2/h1,3H,2,4-8H2;1-2H. The molecule has 1 rings (SSSR count). The van der Waals surface area contributed by atoms with E-state index in [2.05, 4.69) is 26.7 Å². The fourth-order valence-corrected chi connectivity index (χ4v) is 1.61.